The van der Waals surface area contributed by atoms with E-state index in [4.69, 9.17) is 0 Å². The highest BCUT2D eigenvalue weighted by Crippen LogP contribution is 2.43. The zero-order chi connectivity index (χ0) is 28.8. The highest BCUT2D eigenvalue weighted by atomic mass is 15.0. The molecule has 0 radical (unpaired) electrons. The molecule has 2 aromatic heterocycles. The van der Waals surface area contributed by atoms with Crippen LogP contribution in [-0.4, -0.2) is 9.13 Å². The van der Waals surface area contributed by atoms with E-state index < -0.39 is 0 Å². The van der Waals surface area contributed by atoms with Crippen LogP contribution in [0.2, 0.25) is 0 Å². The molecule has 0 spiro atoms. The molecule has 0 N–H and O–H groups in total. The van der Waals surface area contributed by atoms with Crippen LogP contribution in [0.15, 0.2) is 158 Å². The first-order chi connectivity index (χ1) is 21.8. The Labute approximate surface area is 254 Å². The number of hydrogen-bond acceptors (Lipinski definition) is 0. The number of hydrogen-bond donors (Lipinski definition) is 0. The van der Waals surface area contributed by atoms with E-state index in [0.29, 0.717) is 0 Å². The number of benzene rings is 8. The van der Waals surface area contributed by atoms with Gasteiger partial charge in [-0.25, -0.2) is 0 Å². The molecule has 0 amide bonds. The van der Waals surface area contributed by atoms with Crippen molar-refractivity contribution in [1.82, 2.24) is 9.13 Å². The van der Waals surface area contributed by atoms with Gasteiger partial charge in [-0.3, -0.25) is 0 Å². The molecule has 0 aliphatic heterocycles. The Morgan fingerprint density at radius 2 is 1.00 bits per heavy atom. The van der Waals surface area contributed by atoms with E-state index in [-0.39, 0.29) is 0 Å². The van der Waals surface area contributed by atoms with E-state index in [1.54, 1.807) is 0 Å². The summed E-state index contributed by atoms with van der Waals surface area (Å²) in [6, 6.07) is 57.8. The summed E-state index contributed by atoms with van der Waals surface area (Å²) < 4.78 is 4.82. The van der Waals surface area contributed by atoms with Crippen molar-refractivity contribution in [2.75, 3.05) is 0 Å². The van der Waals surface area contributed by atoms with Gasteiger partial charge in [0, 0.05) is 32.9 Å². The third-order valence-corrected chi connectivity index (χ3v) is 9.45. The number of para-hydroxylation sites is 2. The first kappa shape index (κ1) is 23.7. The van der Waals surface area contributed by atoms with E-state index in [9.17, 15) is 0 Å². The van der Waals surface area contributed by atoms with Crippen LogP contribution in [0.1, 0.15) is 0 Å². The summed E-state index contributed by atoms with van der Waals surface area (Å²) >= 11 is 0. The lowest BCUT2D eigenvalue weighted by Crippen LogP contribution is -1.94. The lowest BCUT2D eigenvalue weighted by Gasteiger charge is -2.11. The van der Waals surface area contributed by atoms with Gasteiger partial charge in [-0.05, 0) is 87.3 Å². The SMILES string of the molecule is c1ccc(-n2c3cccc4ccc5c(-c6ccc7c(c6)c6ccccc6n7-c6ccc7ccccc7c6)ccc2c5c43)cc1. The summed E-state index contributed by atoms with van der Waals surface area (Å²) in [6.07, 6.45) is 0. The average Bonchev–Trinajstić information content (AvgIpc) is 3.61. The van der Waals surface area contributed by atoms with Crippen molar-refractivity contribution in [3.8, 4) is 22.5 Å². The van der Waals surface area contributed by atoms with Crippen LogP contribution in [-0.2, 0) is 0 Å². The standard InChI is InChI=1S/C42H26N2/c1-2-12-31(13-3-1)43-39-16-8-11-28-18-21-35-33(22-24-40(43)42(35)41(28)39)30-19-23-38-36(26-30)34-14-6-7-15-37(34)44(38)32-20-17-27-9-4-5-10-29(27)25-32/h1-26H. The monoisotopic (exact) mass is 558 g/mol. The van der Waals surface area contributed by atoms with Crippen molar-refractivity contribution in [2.24, 2.45) is 0 Å². The molecule has 0 saturated heterocycles. The third-order valence-electron chi connectivity index (χ3n) is 9.45. The molecule has 0 bridgehead atoms. The first-order valence-electron chi connectivity index (χ1n) is 15.2. The number of rotatable bonds is 3. The highest BCUT2D eigenvalue weighted by molar-refractivity contribution is 6.26. The molecule has 0 unspecified atom stereocenters. The third kappa shape index (κ3) is 3.20. The van der Waals surface area contributed by atoms with Gasteiger partial charge < -0.3 is 9.13 Å². The zero-order valence-electron chi connectivity index (χ0n) is 23.9. The molecule has 10 rings (SSSR count). The summed E-state index contributed by atoms with van der Waals surface area (Å²) in [5.41, 5.74) is 9.81. The smallest absolute Gasteiger partial charge is 0.0547 e. The lowest BCUT2D eigenvalue weighted by atomic mass is 9.94. The predicted octanol–water partition coefficient (Wildman–Crippen LogP) is 11.3. The number of fused-ring (bicyclic) bond motifs is 4. The molecule has 204 valence electrons. The molecule has 0 atom stereocenters. The van der Waals surface area contributed by atoms with Gasteiger partial charge in [0.25, 0.3) is 0 Å². The maximum absolute atomic E-state index is 2.41. The topological polar surface area (TPSA) is 9.86 Å². The number of nitrogens with zero attached hydrogens (tertiary/aromatic N) is 2. The molecular formula is C42H26N2. The minimum atomic E-state index is 1.18. The van der Waals surface area contributed by atoms with Gasteiger partial charge in [-0.15, -0.1) is 0 Å². The maximum Gasteiger partial charge on any atom is 0.0547 e. The Hall–Kier alpha value is -5.86. The van der Waals surface area contributed by atoms with E-state index in [1.165, 1.54) is 87.7 Å². The normalized spacial score (nSPS) is 12.1. The minimum absolute atomic E-state index is 1.18. The van der Waals surface area contributed by atoms with Crippen LogP contribution in [0.5, 0.6) is 0 Å². The summed E-state index contributed by atoms with van der Waals surface area (Å²) in [6.45, 7) is 0. The zero-order valence-corrected chi connectivity index (χ0v) is 23.9. The molecule has 2 heterocycles. The van der Waals surface area contributed by atoms with E-state index in [1.807, 2.05) is 0 Å². The van der Waals surface area contributed by atoms with Crippen molar-refractivity contribution in [2.45, 2.75) is 0 Å². The van der Waals surface area contributed by atoms with Crippen LogP contribution in [0.3, 0.4) is 0 Å². The van der Waals surface area contributed by atoms with Gasteiger partial charge in [0.1, 0.15) is 0 Å². The van der Waals surface area contributed by atoms with Gasteiger partial charge in [-0.1, -0.05) is 103 Å². The fourth-order valence-electron chi connectivity index (χ4n) is 7.53. The van der Waals surface area contributed by atoms with Gasteiger partial charge >= 0.3 is 0 Å². The Morgan fingerprint density at radius 3 is 1.93 bits per heavy atom. The van der Waals surface area contributed by atoms with Crippen LogP contribution in [0.4, 0.5) is 0 Å². The summed E-state index contributed by atoms with van der Waals surface area (Å²) in [7, 11) is 0. The fraction of sp³-hybridized carbons (Fsp3) is 0. The van der Waals surface area contributed by atoms with E-state index >= 15 is 0 Å². The predicted molar refractivity (Wildman–Crippen MR) is 187 cm³/mol. The Morgan fingerprint density at radius 1 is 0.318 bits per heavy atom. The molecule has 0 fully saturated rings. The molecule has 0 aliphatic carbocycles. The molecule has 2 heteroatoms. The second-order valence-corrected chi connectivity index (χ2v) is 11.8. The fourth-order valence-corrected chi connectivity index (χ4v) is 7.53. The van der Waals surface area contributed by atoms with Crippen molar-refractivity contribution < 1.29 is 0 Å². The second-order valence-electron chi connectivity index (χ2n) is 11.8. The van der Waals surface area contributed by atoms with Crippen molar-refractivity contribution in [3.63, 3.8) is 0 Å². The van der Waals surface area contributed by atoms with Gasteiger partial charge in [-0.2, -0.15) is 0 Å². The summed E-state index contributed by atoms with van der Waals surface area (Å²) in [5.74, 6) is 0. The molecular weight excluding hydrogens is 532 g/mol. The van der Waals surface area contributed by atoms with E-state index in [2.05, 4.69) is 167 Å². The van der Waals surface area contributed by atoms with Gasteiger partial charge in [0.15, 0.2) is 0 Å². The van der Waals surface area contributed by atoms with Crippen LogP contribution < -0.4 is 0 Å². The molecule has 8 aromatic carbocycles. The minimum Gasteiger partial charge on any atom is -0.309 e. The van der Waals surface area contributed by atoms with Crippen molar-refractivity contribution in [3.05, 3.63) is 158 Å². The van der Waals surface area contributed by atoms with Crippen molar-refractivity contribution in [1.29, 1.82) is 0 Å². The molecule has 0 saturated carbocycles. The molecule has 44 heavy (non-hydrogen) atoms. The Balaban J connectivity index is 1.24. The summed E-state index contributed by atoms with van der Waals surface area (Å²) in [5, 5.41) is 10.3. The Kier molecular flexibility index (Phi) is 4.75. The van der Waals surface area contributed by atoms with Crippen molar-refractivity contribution >= 4 is 65.2 Å². The highest BCUT2D eigenvalue weighted by Gasteiger charge is 2.20. The maximum atomic E-state index is 2.41. The average molecular weight is 559 g/mol. The summed E-state index contributed by atoms with van der Waals surface area (Å²) in [4.78, 5) is 0. The Bertz CT molecular complexity index is 2710. The molecule has 10 aromatic rings. The lowest BCUT2D eigenvalue weighted by molar-refractivity contribution is 1.18. The first-order valence-corrected chi connectivity index (χ1v) is 15.2. The van der Waals surface area contributed by atoms with Gasteiger partial charge in [0.05, 0.1) is 22.1 Å². The number of aromatic nitrogens is 2. The van der Waals surface area contributed by atoms with E-state index in [0.717, 1.165) is 0 Å². The van der Waals surface area contributed by atoms with Crippen LogP contribution >= 0.6 is 0 Å². The van der Waals surface area contributed by atoms with Crippen LogP contribution in [0.25, 0.3) is 87.7 Å². The van der Waals surface area contributed by atoms with Crippen LogP contribution in [0, 0.1) is 0 Å². The largest absolute Gasteiger partial charge is 0.309 e. The van der Waals surface area contributed by atoms with Gasteiger partial charge in [0.2, 0.25) is 0 Å². The second kappa shape index (κ2) is 8.82. The quantitative estimate of drug-likeness (QED) is 0.191. The molecule has 0 aliphatic rings. The molecule has 2 nitrogen and oxygen atoms in total.